The zero-order valence-corrected chi connectivity index (χ0v) is 17.2. The van der Waals surface area contributed by atoms with Gasteiger partial charge in [0.15, 0.2) is 0 Å². The van der Waals surface area contributed by atoms with E-state index in [0.717, 1.165) is 12.1 Å². The van der Waals surface area contributed by atoms with Gasteiger partial charge in [0.05, 0.1) is 11.0 Å². The van der Waals surface area contributed by atoms with Gasteiger partial charge in [0, 0.05) is 23.3 Å². The fraction of sp³-hybridized carbons (Fsp3) is 0.300. The SMILES string of the molecule is CC(NC(=O)C(NC(=O)c1ccc(Cl)c([N+](=O)[O-])c1)C(C)C)c1ccc(F)cc1F. The van der Waals surface area contributed by atoms with Crippen LogP contribution < -0.4 is 10.6 Å². The molecule has 2 aromatic carbocycles. The Morgan fingerprint density at radius 1 is 1.07 bits per heavy atom. The number of nitrogens with zero attached hydrogens (tertiary/aromatic N) is 1. The third-order valence-electron chi connectivity index (χ3n) is 4.43. The summed E-state index contributed by atoms with van der Waals surface area (Å²) in [6, 6.07) is 4.78. The number of nitro benzene ring substituents is 1. The standard InChI is InChI=1S/C20H20ClF2N3O4/c1-10(2)18(20(28)24-11(3)14-6-5-13(22)9-16(14)23)25-19(27)12-4-7-15(21)17(8-12)26(29)30/h4-11,18H,1-3H3,(H,24,28)(H,25,27). The molecule has 2 aromatic rings. The van der Waals surface area contributed by atoms with Crippen LogP contribution in [-0.2, 0) is 4.79 Å². The molecule has 0 heterocycles. The van der Waals surface area contributed by atoms with Gasteiger partial charge >= 0.3 is 0 Å². The van der Waals surface area contributed by atoms with Crippen molar-refractivity contribution in [2.45, 2.75) is 32.9 Å². The van der Waals surface area contributed by atoms with E-state index in [1.165, 1.54) is 25.1 Å². The molecule has 0 bridgehead atoms. The van der Waals surface area contributed by atoms with Crippen LogP contribution in [0.25, 0.3) is 0 Å². The maximum atomic E-state index is 14.0. The monoisotopic (exact) mass is 439 g/mol. The highest BCUT2D eigenvalue weighted by Gasteiger charge is 2.27. The van der Waals surface area contributed by atoms with Gasteiger partial charge < -0.3 is 10.6 Å². The summed E-state index contributed by atoms with van der Waals surface area (Å²) in [7, 11) is 0. The molecule has 10 heteroatoms. The summed E-state index contributed by atoms with van der Waals surface area (Å²) in [6.45, 7) is 4.91. The van der Waals surface area contributed by atoms with Crippen LogP contribution in [-0.4, -0.2) is 22.8 Å². The molecule has 0 saturated carbocycles. The van der Waals surface area contributed by atoms with Gasteiger partial charge in [-0.05, 0) is 31.0 Å². The number of carbonyl (C=O) groups is 2. The van der Waals surface area contributed by atoms with Crippen molar-refractivity contribution >= 4 is 29.1 Å². The Kier molecular flexibility index (Phi) is 7.44. The predicted octanol–water partition coefficient (Wildman–Crippen LogP) is 4.16. The zero-order chi connectivity index (χ0) is 22.6. The van der Waals surface area contributed by atoms with Crippen molar-refractivity contribution in [3.8, 4) is 0 Å². The van der Waals surface area contributed by atoms with E-state index in [1.807, 2.05) is 0 Å². The van der Waals surface area contributed by atoms with Gasteiger partial charge in [-0.15, -0.1) is 0 Å². The molecule has 0 aromatic heterocycles. The highest BCUT2D eigenvalue weighted by Crippen LogP contribution is 2.25. The van der Waals surface area contributed by atoms with Gasteiger partial charge in [-0.3, -0.25) is 19.7 Å². The maximum Gasteiger partial charge on any atom is 0.288 e. The summed E-state index contributed by atoms with van der Waals surface area (Å²) < 4.78 is 27.0. The van der Waals surface area contributed by atoms with E-state index in [-0.39, 0.29) is 22.1 Å². The number of rotatable bonds is 7. The second-order valence-electron chi connectivity index (χ2n) is 7.01. The van der Waals surface area contributed by atoms with Gasteiger partial charge in [0.1, 0.15) is 22.7 Å². The van der Waals surface area contributed by atoms with E-state index in [9.17, 15) is 28.5 Å². The molecule has 0 spiro atoms. The third kappa shape index (κ3) is 5.50. The first-order valence-corrected chi connectivity index (χ1v) is 9.39. The van der Waals surface area contributed by atoms with Gasteiger partial charge in [-0.2, -0.15) is 0 Å². The molecular formula is C20H20ClF2N3O4. The zero-order valence-electron chi connectivity index (χ0n) is 16.4. The fourth-order valence-corrected chi connectivity index (χ4v) is 2.97. The number of halogens is 3. The van der Waals surface area contributed by atoms with Crippen molar-refractivity contribution in [3.05, 3.63) is 74.3 Å². The van der Waals surface area contributed by atoms with Crippen molar-refractivity contribution < 1.29 is 23.3 Å². The van der Waals surface area contributed by atoms with Crippen molar-refractivity contribution in [1.82, 2.24) is 10.6 Å². The minimum absolute atomic E-state index is 0.0397. The number of nitro groups is 1. The maximum absolute atomic E-state index is 14.0. The minimum atomic E-state index is -1.00. The fourth-order valence-electron chi connectivity index (χ4n) is 2.79. The molecule has 0 radical (unpaired) electrons. The van der Waals surface area contributed by atoms with Crippen molar-refractivity contribution in [3.63, 3.8) is 0 Å². The molecular weight excluding hydrogens is 420 g/mol. The van der Waals surface area contributed by atoms with Crippen LogP contribution in [0, 0.1) is 27.7 Å². The summed E-state index contributed by atoms with van der Waals surface area (Å²) in [4.78, 5) is 35.5. The van der Waals surface area contributed by atoms with Crippen LogP contribution in [0.2, 0.25) is 5.02 Å². The topological polar surface area (TPSA) is 101 Å². The predicted molar refractivity (Wildman–Crippen MR) is 107 cm³/mol. The molecule has 0 saturated heterocycles. The highest BCUT2D eigenvalue weighted by molar-refractivity contribution is 6.32. The Morgan fingerprint density at radius 2 is 1.73 bits per heavy atom. The van der Waals surface area contributed by atoms with E-state index < -0.39 is 46.1 Å². The number of nitrogens with one attached hydrogen (secondary N) is 2. The Morgan fingerprint density at radius 3 is 2.30 bits per heavy atom. The van der Waals surface area contributed by atoms with Crippen LogP contribution in [0.3, 0.4) is 0 Å². The molecule has 2 amide bonds. The lowest BCUT2D eigenvalue weighted by Crippen LogP contribution is -2.50. The van der Waals surface area contributed by atoms with Crippen LogP contribution in [0.5, 0.6) is 0 Å². The Labute approximate surface area is 176 Å². The molecule has 2 N–H and O–H groups in total. The smallest absolute Gasteiger partial charge is 0.288 e. The normalized spacial score (nSPS) is 12.9. The molecule has 2 unspecified atom stereocenters. The number of amides is 2. The van der Waals surface area contributed by atoms with Crippen molar-refractivity contribution in [2.24, 2.45) is 5.92 Å². The second-order valence-corrected chi connectivity index (χ2v) is 7.42. The lowest BCUT2D eigenvalue weighted by molar-refractivity contribution is -0.384. The molecule has 30 heavy (non-hydrogen) atoms. The van der Waals surface area contributed by atoms with E-state index in [0.29, 0.717) is 6.07 Å². The van der Waals surface area contributed by atoms with Gasteiger partial charge in [0.2, 0.25) is 5.91 Å². The molecule has 0 aliphatic rings. The number of hydrogen-bond donors (Lipinski definition) is 2. The molecule has 160 valence electrons. The highest BCUT2D eigenvalue weighted by atomic mass is 35.5. The lowest BCUT2D eigenvalue weighted by atomic mass is 10.0. The summed E-state index contributed by atoms with van der Waals surface area (Å²) in [5.41, 5.74) is -0.385. The summed E-state index contributed by atoms with van der Waals surface area (Å²) in [5.74, 6) is -3.18. The molecule has 0 aliphatic heterocycles. The van der Waals surface area contributed by atoms with E-state index in [2.05, 4.69) is 10.6 Å². The average Bonchev–Trinajstić information content (AvgIpc) is 2.65. The summed E-state index contributed by atoms with van der Waals surface area (Å²) in [6.07, 6.45) is 0. The van der Waals surface area contributed by atoms with Gasteiger partial charge in [-0.25, -0.2) is 8.78 Å². The quantitative estimate of drug-likeness (QED) is 0.499. The molecule has 7 nitrogen and oxygen atoms in total. The van der Waals surface area contributed by atoms with Gasteiger partial charge in [-0.1, -0.05) is 31.5 Å². The Balaban J connectivity index is 2.17. The van der Waals surface area contributed by atoms with E-state index in [4.69, 9.17) is 11.6 Å². The lowest BCUT2D eigenvalue weighted by Gasteiger charge is -2.24. The number of carbonyl (C=O) groups excluding carboxylic acids is 2. The van der Waals surface area contributed by atoms with Gasteiger partial charge in [0.25, 0.3) is 11.6 Å². The minimum Gasteiger partial charge on any atom is -0.348 e. The first kappa shape index (κ1) is 23.2. The third-order valence-corrected chi connectivity index (χ3v) is 4.75. The van der Waals surface area contributed by atoms with Crippen LogP contribution in [0.4, 0.5) is 14.5 Å². The second kappa shape index (κ2) is 9.62. The average molecular weight is 440 g/mol. The first-order valence-electron chi connectivity index (χ1n) is 9.01. The summed E-state index contributed by atoms with van der Waals surface area (Å²) in [5, 5.41) is 16.0. The van der Waals surface area contributed by atoms with Crippen LogP contribution >= 0.6 is 11.6 Å². The Hall–Kier alpha value is -3.07. The van der Waals surface area contributed by atoms with E-state index >= 15 is 0 Å². The molecule has 0 aliphatic carbocycles. The molecule has 0 fully saturated rings. The molecule has 2 atom stereocenters. The van der Waals surface area contributed by atoms with Crippen LogP contribution in [0.1, 0.15) is 42.7 Å². The molecule has 2 rings (SSSR count). The Bertz CT molecular complexity index is 985. The summed E-state index contributed by atoms with van der Waals surface area (Å²) >= 11 is 5.75. The number of benzene rings is 2. The van der Waals surface area contributed by atoms with Crippen molar-refractivity contribution in [1.29, 1.82) is 0 Å². The largest absolute Gasteiger partial charge is 0.348 e. The van der Waals surface area contributed by atoms with E-state index in [1.54, 1.807) is 13.8 Å². The first-order chi connectivity index (χ1) is 14.0. The van der Waals surface area contributed by atoms with Crippen LogP contribution in [0.15, 0.2) is 36.4 Å². The number of hydrogen-bond acceptors (Lipinski definition) is 4. The van der Waals surface area contributed by atoms with Crippen molar-refractivity contribution in [2.75, 3.05) is 0 Å².